The molecule has 0 radical (unpaired) electrons. The van der Waals surface area contributed by atoms with Crippen molar-refractivity contribution in [2.75, 3.05) is 11.9 Å². The molecule has 2 aromatic heterocycles. The lowest BCUT2D eigenvalue weighted by Gasteiger charge is -2.21. The number of carbonyl (C=O) groups is 1. The van der Waals surface area contributed by atoms with Gasteiger partial charge in [0.2, 0.25) is 5.91 Å². The maximum absolute atomic E-state index is 14.5. The van der Waals surface area contributed by atoms with Gasteiger partial charge in [-0.15, -0.1) is 0 Å². The molecule has 0 spiro atoms. The number of allylic oxidation sites excluding steroid dienone is 3. The van der Waals surface area contributed by atoms with Crippen LogP contribution in [-0.2, 0) is 9.53 Å². The molecule has 8 nitrogen and oxygen atoms in total. The highest BCUT2D eigenvalue weighted by molar-refractivity contribution is 6.08. The number of nitrogens with zero attached hydrogens (tertiary/aromatic N) is 5. The predicted molar refractivity (Wildman–Crippen MR) is 105 cm³/mol. The molecule has 3 unspecified atom stereocenters. The van der Waals surface area contributed by atoms with Gasteiger partial charge >= 0.3 is 0 Å². The summed E-state index contributed by atoms with van der Waals surface area (Å²) in [7, 11) is 0. The number of aromatic nitrogens is 3. The van der Waals surface area contributed by atoms with Gasteiger partial charge in [0, 0.05) is 6.20 Å². The van der Waals surface area contributed by atoms with Crippen molar-refractivity contribution >= 4 is 23.0 Å². The van der Waals surface area contributed by atoms with Gasteiger partial charge < -0.3 is 10.1 Å². The summed E-state index contributed by atoms with van der Waals surface area (Å²) in [6.07, 6.45) is 11.8. The first-order chi connectivity index (χ1) is 14.1. The summed E-state index contributed by atoms with van der Waals surface area (Å²) >= 11 is 0. The van der Waals surface area contributed by atoms with E-state index in [0.717, 1.165) is 25.0 Å². The van der Waals surface area contributed by atoms with Crippen molar-refractivity contribution < 1.29 is 13.9 Å². The number of fused-ring (bicyclic) bond motifs is 2. The Labute approximate surface area is 166 Å². The number of anilines is 1. The van der Waals surface area contributed by atoms with Gasteiger partial charge in [0.1, 0.15) is 19.0 Å². The van der Waals surface area contributed by atoms with Gasteiger partial charge in [0.05, 0.1) is 11.4 Å². The number of epoxide rings is 1. The number of hydrazone groups is 1. The van der Waals surface area contributed by atoms with Gasteiger partial charge in [-0.25, -0.2) is 13.9 Å². The zero-order chi connectivity index (χ0) is 20.0. The molecule has 3 aliphatic rings. The molecule has 5 rings (SSSR count). The van der Waals surface area contributed by atoms with Crippen molar-refractivity contribution in [3.05, 3.63) is 48.2 Å². The third-order valence-corrected chi connectivity index (χ3v) is 5.44. The van der Waals surface area contributed by atoms with Crippen LogP contribution in [0.5, 0.6) is 0 Å². The number of hydrogen-bond acceptors (Lipinski definition) is 6. The van der Waals surface area contributed by atoms with Gasteiger partial charge in [-0.2, -0.15) is 10.2 Å². The van der Waals surface area contributed by atoms with E-state index in [1.165, 1.54) is 22.5 Å². The number of nitrogens with one attached hydrogen (secondary N) is 1. The Hall–Kier alpha value is -3.07. The topological polar surface area (TPSA) is 87.4 Å². The minimum atomic E-state index is -0.623. The van der Waals surface area contributed by atoms with Gasteiger partial charge in [-0.3, -0.25) is 9.80 Å². The molecule has 2 aliphatic heterocycles. The van der Waals surface area contributed by atoms with Gasteiger partial charge in [-0.05, 0) is 49.0 Å². The van der Waals surface area contributed by atoms with Crippen LogP contribution in [-0.4, -0.2) is 50.1 Å². The zero-order valence-electron chi connectivity index (χ0n) is 16.0. The fraction of sp³-hybridized carbons (Fsp3) is 0.400. The molecule has 29 heavy (non-hydrogen) atoms. The minimum Gasteiger partial charge on any atom is -0.342 e. The van der Waals surface area contributed by atoms with Crippen molar-refractivity contribution in [2.24, 2.45) is 11.0 Å². The number of pyridine rings is 1. The summed E-state index contributed by atoms with van der Waals surface area (Å²) in [4.78, 5) is 16.4. The molecule has 9 heteroatoms. The van der Waals surface area contributed by atoms with Crippen LogP contribution in [0.3, 0.4) is 0 Å². The molecule has 3 atom stereocenters. The van der Waals surface area contributed by atoms with Crippen molar-refractivity contribution in [1.82, 2.24) is 19.6 Å². The van der Waals surface area contributed by atoms with Crippen LogP contribution in [0.25, 0.3) is 5.65 Å². The molecular weight excluding hydrogens is 375 g/mol. The highest BCUT2D eigenvalue weighted by atomic mass is 19.1. The van der Waals surface area contributed by atoms with E-state index in [0.29, 0.717) is 5.92 Å². The highest BCUT2D eigenvalue weighted by Gasteiger charge is 2.44. The van der Waals surface area contributed by atoms with Crippen molar-refractivity contribution in [3.63, 3.8) is 0 Å². The predicted octanol–water partition coefficient (Wildman–Crippen LogP) is 2.51. The third-order valence-electron chi connectivity index (χ3n) is 5.44. The second-order valence-electron chi connectivity index (χ2n) is 7.66. The van der Waals surface area contributed by atoms with E-state index in [1.54, 1.807) is 11.2 Å². The summed E-state index contributed by atoms with van der Waals surface area (Å²) in [6, 6.07) is 1.46. The fourth-order valence-electron chi connectivity index (χ4n) is 3.69. The summed E-state index contributed by atoms with van der Waals surface area (Å²) in [5.41, 5.74) is 2.20. The van der Waals surface area contributed by atoms with E-state index in [1.807, 2.05) is 12.2 Å². The van der Waals surface area contributed by atoms with E-state index in [4.69, 9.17) is 4.74 Å². The quantitative estimate of drug-likeness (QED) is 0.803. The lowest BCUT2D eigenvalue weighted by Crippen LogP contribution is -2.33. The molecule has 1 N–H and O–H groups in total. The third kappa shape index (κ3) is 3.53. The van der Waals surface area contributed by atoms with Crippen LogP contribution < -0.4 is 5.32 Å². The molecule has 2 aromatic rings. The van der Waals surface area contributed by atoms with Crippen molar-refractivity contribution in [3.8, 4) is 0 Å². The molecule has 150 valence electrons. The molecule has 0 bridgehead atoms. The lowest BCUT2D eigenvalue weighted by molar-refractivity contribution is -0.117. The summed E-state index contributed by atoms with van der Waals surface area (Å²) in [6.45, 7) is 2.21. The first-order valence-electron chi connectivity index (χ1n) is 9.74. The molecule has 0 aromatic carbocycles. The van der Waals surface area contributed by atoms with Gasteiger partial charge in [-0.1, -0.05) is 13.0 Å². The second-order valence-corrected chi connectivity index (χ2v) is 7.66. The van der Waals surface area contributed by atoms with Crippen molar-refractivity contribution in [2.45, 2.75) is 38.5 Å². The van der Waals surface area contributed by atoms with E-state index in [-0.39, 0.29) is 36.1 Å². The van der Waals surface area contributed by atoms with Crippen LogP contribution in [0.4, 0.5) is 10.1 Å². The molecule has 1 fully saturated rings. The van der Waals surface area contributed by atoms with Crippen LogP contribution in [0.1, 0.15) is 26.2 Å². The van der Waals surface area contributed by atoms with Gasteiger partial charge in [0.25, 0.3) is 0 Å². The minimum absolute atomic E-state index is 0.0344. The van der Waals surface area contributed by atoms with Gasteiger partial charge in [0.15, 0.2) is 17.7 Å². The van der Waals surface area contributed by atoms with Crippen molar-refractivity contribution in [1.29, 1.82) is 0 Å². The molecule has 1 saturated heterocycles. The van der Waals surface area contributed by atoms with E-state index >= 15 is 0 Å². The smallest absolute Gasteiger partial charge is 0.245 e. The highest BCUT2D eigenvalue weighted by Crippen LogP contribution is 2.32. The van der Waals surface area contributed by atoms with Crippen LogP contribution in [0, 0.1) is 11.7 Å². The number of hydrogen-bond donors (Lipinski definition) is 1. The van der Waals surface area contributed by atoms with E-state index in [2.05, 4.69) is 33.5 Å². The maximum atomic E-state index is 14.5. The van der Waals surface area contributed by atoms with Crippen LogP contribution >= 0.6 is 0 Å². The Balaban J connectivity index is 1.32. The molecular formula is C20H21FN6O2. The standard InChI is InChI=1S/C20H21FN6O2/c1-12-2-4-13(5-3-12)14-6-7-16-20(29-16)27(25-14)10-17(28)24-15-8-9-26-19(18(15)21)22-11-23-26/h4,6-9,11-12,16,20H,2-3,5,10H2,1H3,(H,24,28). The molecule has 1 aliphatic carbocycles. The average molecular weight is 396 g/mol. The summed E-state index contributed by atoms with van der Waals surface area (Å²) in [5.74, 6) is -0.314. The summed E-state index contributed by atoms with van der Waals surface area (Å²) in [5, 5.41) is 12.8. The number of halogens is 1. The number of ether oxygens (including phenoxy) is 1. The Morgan fingerprint density at radius 2 is 2.34 bits per heavy atom. The number of rotatable bonds is 4. The molecule has 4 heterocycles. The molecule has 1 amide bonds. The average Bonchev–Trinajstić information content (AvgIpc) is 3.36. The van der Waals surface area contributed by atoms with E-state index < -0.39 is 5.82 Å². The Bertz CT molecular complexity index is 1060. The maximum Gasteiger partial charge on any atom is 0.245 e. The number of carbonyl (C=O) groups excluding carboxylic acids is 1. The van der Waals surface area contributed by atoms with Crippen LogP contribution in [0.2, 0.25) is 0 Å². The normalized spacial score (nSPS) is 25.9. The zero-order valence-corrected chi connectivity index (χ0v) is 16.0. The SMILES string of the molecule is CC1CC=C(C2=NN(CC(=O)Nc3ccn4ncnc4c3F)C3OC3C=C2)CC1. The Morgan fingerprint density at radius 3 is 3.17 bits per heavy atom. The Morgan fingerprint density at radius 1 is 1.45 bits per heavy atom. The first kappa shape index (κ1) is 18.0. The number of amides is 1. The lowest BCUT2D eigenvalue weighted by atomic mass is 9.89. The first-order valence-corrected chi connectivity index (χ1v) is 9.74. The van der Waals surface area contributed by atoms with Crippen LogP contribution in [0.15, 0.2) is 47.5 Å². The monoisotopic (exact) mass is 396 g/mol. The molecule has 0 saturated carbocycles. The largest absolute Gasteiger partial charge is 0.342 e. The second kappa shape index (κ2) is 7.07. The van der Waals surface area contributed by atoms with E-state index in [9.17, 15) is 9.18 Å². The summed E-state index contributed by atoms with van der Waals surface area (Å²) < 4.78 is 21.4. The fourth-order valence-corrected chi connectivity index (χ4v) is 3.69. The Kier molecular flexibility index (Phi) is 4.39.